The van der Waals surface area contributed by atoms with Gasteiger partial charge in [0, 0.05) is 17.3 Å². The fourth-order valence-corrected chi connectivity index (χ4v) is 2.26. The number of anilines is 1. The van der Waals surface area contributed by atoms with Gasteiger partial charge in [-0.1, -0.05) is 0 Å². The van der Waals surface area contributed by atoms with Crippen LogP contribution in [0.5, 0.6) is 5.75 Å². The predicted molar refractivity (Wildman–Crippen MR) is 79.9 cm³/mol. The summed E-state index contributed by atoms with van der Waals surface area (Å²) >= 11 is 0. The first kappa shape index (κ1) is 12.5. The molecule has 0 saturated carbocycles. The lowest BCUT2D eigenvalue weighted by Gasteiger charge is -2.06. The SMILES string of the molecule is COc1ccc2nc(-c3cc(N)cc(C)c3C)oc2c1. The molecule has 0 aliphatic rings. The number of methoxy groups -OCH3 is 1. The number of benzene rings is 2. The van der Waals surface area contributed by atoms with E-state index in [2.05, 4.69) is 4.98 Å². The normalized spacial score (nSPS) is 10.9. The van der Waals surface area contributed by atoms with Crippen LogP contribution < -0.4 is 10.5 Å². The number of hydrogen-bond acceptors (Lipinski definition) is 4. The van der Waals surface area contributed by atoms with Crippen LogP contribution in [-0.2, 0) is 0 Å². The molecular formula is C16H16N2O2. The van der Waals surface area contributed by atoms with Crippen molar-refractivity contribution < 1.29 is 9.15 Å². The lowest BCUT2D eigenvalue weighted by Crippen LogP contribution is -1.92. The van der Waals surface area contributed by atoms with Crippen molar-refractivity contribution in [3.05, 3.63) is 41.5 Å². The van der Waals surface area contributed by atoms with Gasteiger partial charge < -0.3 is 14.9 Å². The lowest BCUT2D eigenvalue weighted by atomic mass is 10.0. The van der Waals surface area contributed by atoms with E-state index in [0.717, 1.165) is 28.0 Å². The van der Waals surface area contributed by atoms with Crippen molar-refractivity contribution in [3.63, 3.8) is 0 Å². The Morgan fingerprint density at radius 2 is 1.95 bits per heavy atom. The fraction of sp³-hybridized carbons (Fsp3) is 0.188. The maximum absolute atomic E-state index is 5.92. The van der Waals surface area contributed by atoms with Crippen molar-refractivity contribution in [2.75, 3.05) is 12.8 Å². The maximum atomic E-state index is 5.92. The highest BCUT2D eigenvalue weighted by atomic mass is 16.5. The van der Waals surface area contributed by atoms with Gasteiger partial charge in [-0.3, -0.25) is 0 Å². The minimum atomic E-state index is 0.584. The first-order valence-electron chi connectivity index (χ1n) is 6.40. The largest absolute Gasteiger partial charge is 0.497 e. The second-order valence-corrected chi connectivity index (χ2v) is 4.86. The van der Waals surface area contributed by atoms with Crippen LogP contribution in [0.1, 0.15) is 11.1 Å². The molecule has 0 unspecified atom stereocenters. The highest BCUT2D eigenvalue weighted by molar-refractivity contribution is 5.79. The molecule has 0 radical (unpaired) electrons. The van der Waals surface area contributed by atoms with Crippen LogP contribution in [0, 0.1) is 13.8 Å². The van der Waals surface area contributed by atoms with Gasteiger partial charge in [-0.05, 0) is 49.2 Å². The molecule has 102 valence electrons. The zero-order valence-corrected chi connectivity index (χ0v) is 11.7. The van der Waals surface area contributed by atoms with E-state index in [0.29, 0.717) is 17.2 Å². The lowest BCUT2D eigenvalue weighted by molar-refractivity contribution is 0.414. The number of hydrogen-bond donors (Lipinski definition) is 1. The number of aryl methyl sites for hydroxylation is 1. The Kier molecular flexibility index (Phi) is 2.86. The summed E-state index contributed by atoms with van der Waals surface area (Å²) in [6.07, 6.45) is 0. The molecule has 3 rings (SSSR count). The zero-order valence-electron chi connectivity index (χ0n) is 11.7. The number of rotatable bonds is 2. The van der Waals surface area contributed by atoms with Crippen LogP contribution in [-0.4, -0.2) is 12.1 Å². The molecule has 0 atom stereocenters. The topological polar surface area (TPSA) is 61.3 Å². The van der Waals surface area contributed by atoms with E-state index in [-0.39, 0.29) is 0 Å². The van der Waals surface area contributed by atoms with Gasteiger partial charge in [0.15, 0.2) is 5.58 Å². The van der Waals surface area contributed by atoms with Crippen LogP contribution in [0.15, 0.2) is 34.7 Å². The number of aromatic nitrogens is 1. The molecule has 0 aliphatic heterocycles. The average Bonchev–Trinajstić information content (AvgIpc) is 2.85. The van der Waals surface area contributed by atoms with Gasteiger partial charge in [-0.15, -0.1) is 0 Å². The van der Waals surface area contributed by atoms with Gasteiger partial charge in [0.25, 0.3) is 0 Å². The predicted octanol–water partition coefficient (Wildman–Crippen LogP) is 3.70. The standard InChI is InChI=1S/C16H16N2O2/c1-9-6-11(17)7-13(10(9)2)16-18-14-5-4-12(19-3)8-15(14)20-16/h4-8H,17H2,1-3H3. The monoisotopic (exact) mass is 268 g/mol. The van der Waals surface area contributed by atoms with Gasteiger partial charge in [0.1, 0.15) is 11.3 Å². The first-order valence-corrected chi connectivity index (χ1v) is 6.40. The third-order valence-electron chi connectivity index (χ3n) is 3.52. The highest BCUT2D eigenvalue weighted by Gasteiger charge is 2.13. The molecule has 20 heavy (non-hydrogen) atoms. The number of ether oxygens (including phenoxy) is 1. The van der Waals surface area contributed by atoms with Gasteiger partial charge >= 0.3 is 0 Å². The van der Waals surface area contributed by atoms with Crippen LogP contribution in [0.3, 0.4) is 0 Å². The Morgan fingerprint density at radius 3 is 2.70 bits per heavy atom. The summed E-state index contributed by atoms with van der Waals surface area (Å²) in [5, 5.41) is 0. The number of fused-ring (bicyclic) bond motifs is 1. The van der Waals surface area contributed by atoms with Crippen molar-refractivity contribution in [2.24, 2.45) is 0 Å². The molecule has 0 aliphatic carbocycles. The Balaban J connectivity index is 2.20. The average molecular weight is 268 g/mol. The molecule has 1 aromatic heterocycles. The van der Waals surface area contributed by atoms with E-state index in [1.54, 1.807) is 7.11 Å². The summed E-state index contributed by atoms with van der Waals surface area (Å²) in [5.74, 6) is 1.34. The fourth-order valence-electron chi connectivity index (χ4n) is 2.26. The van der Waals surface area contributed by atoms with Gasteiger partial charge in [-0.2, -0.15) is 0 Å². The van der Waals surface area contributed by atoms with Crippen molar-refractivity contribution >= 4 is 16.8 Å². The second-order valence-electron chi connectivity index (χ2n) is 4.86. The zero-order chi connectivity index (χ0) is 14.3. The van der Waals surface area contributed by atoms with Crippen LogP contribution in [0.25, 0.3) is 22.6 Å². The van der Waals surface area contributed by atoms with E-state index in [1.165, 1.54) is 0 Å². The van der Waals surface area contributed by atoms with Crippen LogP contribution >= 0.6 is 0 Å². The third kappa shape index (κ3) is 1.99. The van der Waals surface area contributed by atoms with Crippen molar-refractivity contribution in [2.45, 2.75) is 13.8 Å². The highest BCUT2D eigenvalue weighted by Crippen LogP contribution is 2.31. The van der Waals surface area contributed by atoms with Crippen LogP contribution in [0.2, 0.25) is 0 Å². The van der Waals surface area contributed by atoms with Gasteiger partial charge in [0.05, 0.1) is 7.11 Å². The van der Waals surface area contributed by atoms with Gasteiger partial charge in [0.2, 0.25) is 5.89 Å². The minimum Gasteiger partial charge on any atom is -0.497 e. The van der Waals surface area contributed by atoms with E-state index in [1.807, 2.05) is 44.2 Å². The quantitative estimate of drug-likeness (QED) is 0.720. The van der Waals surface area contributed by atoms with E-state index in [4.69, 9.17) is 14.9 Å². The minimum absolute atomic E-state index is 0.584. The second kappa shape index (κ2) is 4.56. The number of nitrogen functional groups attached to an aromatic ring is 1. The summed E-state index contributed by atoms with van der Waals surface area (Å²) in [6.45, 7) is 4.07. The molecular weight excluding hydrogens is 252 g/mol. The summed E-state index contributed by atoms with van der Waals surface area (Å²) in [5.41, 5.74) is 11.3. The summed E-state index contributed by atoms with van der Waals surface area (Å²) in [4.78, 5) is 4.52. The van der Waals surface area contributed by atoms with Crippen LogP contribution in [0.4, 0.5) is 5.69 Å². The molecule has 0 amide bonds. The van der Waals surface area contributed by atoms with E-state index in [9.17, 15) is 0 Å². The molecule has 4 heteroatoms. The van der Waals surface area contributed by atoms with Crippen molar-refractivity contribution in [3.8, 4) is 17.2 Å². The van der Waals surface area contributed by atoms with Crippen molar-refractivity contribution in [1.29, 1.82) is 0 Å². The molecule has 0 bridgehead atoms. The molecule has 2 N–H and O–H groups in total. The Bertz CT molecular complexity index is 791. The summed E-state index contributed by atoms with van der Waals surface area (Å²) in [7, 11) is 1.63. The molecule has 0 spiro atoms. The first-order chi connectivity index (χ1) is 9.58. The molecule has 4 nitrogen and oxygen atoms in total. The number of nitrogens with zero attached hydrogens (tertiary/aromatic N) is 1. The summed E-state index contributed by atoms with van der Waals surface area (Å²) < 4.78 is 11.0. The Morgan fingerprint density at radius 1 is 1.15 bits per heavy atom. The number of nitrogens with two attached hydrogens (primary N) is 1. The molecule has 2 aromatic carbocycles. The Hall–Kier alpha value is -2.49. The Labute approximate surface area is 117 Å². The van der Waals surface area contributed by atoms with Gasteiger partial charge in [-0.25, -0.2) is 4.98 Å². The molecule has 3 aromatic rings. The number of oxazole rings is 1. The third-order valence-corrected chi connectivity index (χ3v) is 3.52. The molecule has 1 heterocycles. The summed E-state index contributed by atoms with van der Waals surface area (Å²) in [6, 6.07) is 9.43. The van der Waals surface area contributed by atoms with E-state index < -0.39 is 0 Å². The van der Waals surface area contributed by atoms with Crippen molar-refractivity contribution in [1.82, 2.24) is 4.98 Å². The van der Waals surface area contributed by atoms with E-state index >= 15 is 0 Å². The maximum Gasteiger partial charge on any atom is 0.227 e. The smallest absolute Gasteiger partial charge is 0.227 e. The molecule has 0 saturated heterocycles. The molecule has 0 fully saturated rings.